The molecule has 0 amide bonds. The van der Waals surface area contributed by atoms with E-state index in [1.165, 1.54) is 12.2 Å². The van der Waals surface area contributed by atoms with Gasteiger partial charge in [-0.15, -0.1) is 0 Å². The summed E-state index contributed by atoms with van der Waals surface area (Å²) in [6.07, 6.45) is 4.48. The quantitative estimate of drug-likeness (QED) is 0.780. The van der Waals surface area contributed by atoms with Gasteiger partial charge < -0.3 is 10.3 Å². The molecule has 78 valence electrons. The number of hydrogen-bond donors (Lipinski definition) is 1. The van der Waals surface area contributed by atoms with Gasteiger partial charge in [-0.05, 0) is 18.8 Å². The highest BCUT2D eigenvalue weighted by atomic mass is 15.1. The molecule has 3 nitrogen and oxygen atoms in total. The number of nitrogen functional groups attached to an aromatic ring is 1. The summed E-state index contributed by atoms with van der Waals surface area (Å²) in [5, 5.41) is 0. The second-order valence-electron chi connectivity index (χ2n) is 4.36. The van der Waals surface area contributed by atoms with Gasteiger partial charge in [0, 0.05) is 13.0 Å². The molecule has 1 aliphatic heterocycles. The van der Waals surface area contributed by atoms with Gasteiger partial charge in [-0.1, -0.05) is 20.3 Å². The van der Waals surface area contributed by atoms with E-state index in [-0.39, 0.29) is 0 Å². The van der Waals surface area contributed by atoms with Crippen LogP contribution >= 0.6 is 0 Å². The van der Waals surface area contributed by atoms with E-state index < -0.39 is 0 Å². The van der Waals surface area contributed by atoms with Crippen molar-refractivity contribution in [2.75, 3.05) is 5.73 Å². The van der Waals surface area contributed by atoms with Crippen LogP contribution in [0.1, 0.15) is 38.2 Å². The molecule has 2 rings (SSSR count). The molecule has 2 N–H and O–H groups in total. The van der Waals surface area contributed by atoms with Gasteiger partial charge in [-0.25, -0.2) is 4.98 Å². The number of aromatic nitrogens is 2. The third-order valence-corrected chi connectivity index (χ3v) is 3.00. The number of hydrogen-bond acceptors (Lipinski definition) is 2. The first-order chi connectivity index (χ1) is 6.72. The maximum absolute atomic E-state index is 6.07. The highest BCUT2D eigenvalue weighted by molar-refractivity contribution is 5.39. The van der Waals surface area contributed by atoms with Crippen molar-refractivity contribution in [3.8, 4) is 0 Å². The number of rotatable bonds is 2. The first kappa shape index (κ1) is 9.56. The number of fused-ring (bicyclic) bond motifs is 1. The summed E-state index contributed by atoms with van der Waals surface area (Å²) >= 11 is 0. The van der Waals surface area contributed by atoms with Crippen molar-refractivity contribution in [3.05, 3.63) is 11.5 Å². The first-order valence-electron chi connectivity index (χ1n) is 5.56. The predicted octanol–water partition coefficient (Wildman–Crippen LogP) is 2.00. The Balaban J connectivity index is 2.31. The lowest BCUT2D eigenvalue weighted by Crippen LogP contribution is -2.19. The molecule has 1 unspecified atom stereocenters. The van der Waals surface area contributed by atoms with E-state index >= 15 is 0 Å². The highest BCUT2D eigenvalue weighted by Crippen LogP contribution is 2.25. The Hall–Kier alpha value is -0.990. The van der Waals surface area contributed by atoms with Crippen molar-refractivity contribution in [2.24, 2.45) is 5.92 Å². The molecule has 1 aliphatic rings. The van der Waals surface area contributed by atoms with Crippen molar-refractivity contribution in [1.29, 1.82) is 0 Å². The summed E-state index contributed by atoms with van der Waals surface area (Å²) < 4.78 is 2.21. The zero-order chi connectivity index (χ0) is 10.1. The maximum Gasteiger partial charge on any atom is 0.126 e. The van der Waals surface area contributed by atoms with Gasteiger partial charge in [0.05, 0.1) is 5.69 Å². The van der Waals surface area contributed by atoms with Gasteiger partial charge in [-0.3, -0.25) is 0 Å². The summed E-state index contributed by atoms with van der Waals surface area (Å²) in [6, 6.07) is 0. The van der Waals surface area contributed by atoms with Gasteiger partial charge in [0.15, 0.2) is 0 Å². The Labute approximate surface area is 85.3 Å². The molecule has 0 aromatic carbocycles. The number of anilines is 1. The third kappa shape index (κ3) is 1.51. The van der Waals surface area contributed by atoms with E-state index in [0.717, 1.165) is 43.2 Å². The molecule has 3 heteroatoms. The van der Waals surface area contributed by atoms with Crippen LogP contribution < -0.4 is 5.73 Å². The second-order valence-corrected chi connectivity index (χ2v) is 4.36. The van der Waals surface area contributed by atoms with Crippen LogP contribution in [-0.4, -0.2) is 9.55 Å². The van der Waals surface area contributed by atoms with Crippen molar-refractivity contribution < 1.29 is 0 Å². The summed E-state index contributed by atoms with van der Waals surface area (Å²) in [7, 11) is 0. The van der Waals surface area contributed by atoms with Crippen LogP contribution in [0.15, 0.2) is 0 Å². The maximum atomic E-state index is 6.07. The topological polar surface area (TPSA) is 43.8 Å². The Morgan fingerprint density at radius 1 is 1.57 bits per heavy atom. The average Bonchev–Trinajstić information content (AvgIpc) is 2.46. The molecule has 0 saturated carbocycles. The van der Waals surface area contributed by atoms with E-state index in [9.17, 15) is 0 Å². The van der Waals surface area contributed by atoms with E-state index in [4.69, 9.17) is 5.73 Å². The van der Waals surface area contributed by atoms with Gasteiger partial charge in [0.25, 0.3) is 0 Å². The predicted molar refractivity (Wildman–Crippen MR) is 58.1 cm³/mol. The molecule has 0 radical (unpaired) electrons. The standard InChI is InChI=1S/C11H19N3/c1-3-4-9-11(12)14-7-8(2)5-6-10(14)13-9/h8H,3-7,12H2,1-2H3. The van der Waals surface area contributed by atoms with Crippen LogP contribution in [0.5, 0.6) is 0 Å². The third-order valence-electron chi connectivity index (χ3n) is 3.00. The van der Waals surface area contributed by atoms with E-state index in [2.05, 4.69) is 23.4 Å². The van der Waals surface area contributed by atoms with Crippen LogP contribution in [0.3, 0.4) is 0 Å². The lowest BCUT2D eigenvalue weighted by molar-refractivity contribution is 0.397. The molecule has 0 aliphatic carbocycles. The molecule has 0 spiro atoms. The fraction of sp³-hybridized carbons (Fsp3) is 0.727. The van der Waals surface area contributed by atoms with E-state index in [0.29, 0.717) is 0 Å². The summed E-state index contributed by atoms with van der Waals surface area (Å²) in [5.74, 6) is 2.85. The first-order valence-corrected chi connectivity index (χ1v) is 5.56. The van der Waals surface area contributed by atoms with Gasteiger partial charge in [0.1, 0.15) is 11.6 Å². The molecule has 0 fully saturated rings. The minimum Gasteiger partial charge on any atom is -0.384 e. The van der Waals surface area contributed by atoms with Crippen molar-refractivity contribution in [1.82, 2.24) is 9.55 Å². The smallest absolute Gasteiger partial charge is 0.126 e. The van der Waals surface area contributed by atoms with Crippen LogP contribution in [0.4, 0.5) is 5.82 Å². The Morgan fingerprint density at radius 2 is 2.36 bits per heavy atom. The molecule has 1 aromatic heterocycles. The highest BCUT2D eigenvalue weighted by Gasteiger charge is 2.20. The normalized spacial score (nSPS) is 20.9. The SMILES string of the molecule is CCCc1nc2n(c1N)CC(C)CC2. The average molecular weight is 193 g/mol. The van der Waals surface area contributed by atoms with E-state index in [1.54, 1.807) is 0 Å². The Bertz CT molecular complexity index is 328. The van der Waals surface area contributed by atoms with Gasteiger partial charge in [0.2, 0.25) is 0 Å². The molecule has 1 atom stereocenters. The largest absolute Gasteiger partial charge is 0.384 e. The molecule has 1 aromatic rings. The molecular formula is C11H19N3. The molecule has 2 heterocycles. The van der Waals surface area contributed by atoms with Crippen LogP contribution in [0, 0.1) is 5.92 Å². The molecule has 0 bridgehead atoms. The fourth-order valence-electron chi connectivity index (χ4n) is 2.16. The Morgan fingerprint density at radius 3 is 3.07 bits per heavy atom. The number of nitrogens with zero attached hydrogens (tertiary/aromatic N) is 2. The molecule has 0 saturated heterocycles. The lowest BCUT2D eigenvalue weighted by atomic mass is 10.0. The Kier molecular flexibility index (Phi) is 2.48. The minimum atomic E-state index is 0.744. The van der Waals surface area contributed by atoms with Gasteiger partial charge >= 0.3 is 0 Å². The van der Waals surface area contributed by atoms with Crippen LogP contribution in [-0.2, 0) is 19.4 Å². The summed E-state index contributed by atoms with van der Waals surface area (Å²) in [4.78, 5) is 4.61. The number of aryl methyl sites for hydroxylation is 2. The minimum absolute atomic E-state index is 0.744. The zero-order valence-corrected chi connectivity index (χ0v) is 9.08. The van der Waals surface area contributed by atoms with Crippen molar-refractivity contribution in [2.45, 2.75) is 46.1 Å². The summed E-state index contributed by atoms with van der Waals surface area (Å²) in [5.41, 5.74) is 7.18. The molecule has 14 heavy (non-hydrogen) atoms. The second kappa shape index (κ2) is 3.64. The lowest BCUT2D eigenvalue weighted by Gasteiger charge is -2.20. The van der Waals surface area contributed by atoms with Gasteiger partial charge in [-0.2, -0.15) is 0 Å². The number of imidazole rings is 1. The number of nitrogens with two attached hydrogens (primary N) is 1. The monoisotopic (exact) mass is 193 g/mol. The summed E-state index contributed by atoms with van der Waals surface area (Å²) in [6.45, 7) is 5.50. The van der Waals surface area contributed by atoms with Crippen LogP contribution in [0.25, 0.3) is 0 Å². The van der Waals surface area contributed by atoms with Crippen LogP contribution in [0.2, 0.25) is 0 Å². The van der Waals surface area contributed by atoms with E-state index in [1.807, 2.05) is 0 Å². The van der Waals surface area contributed by atoms with Crippen molar-refractivity contribution >= 4 is 5.82 Å². The molecular weight excluding hydrogens is 174 g/mol. The zero-order valence-electron chi connectivity index (χ0n) is 9.08. The fourth-order valence-corrected chi connectivity index (χ4v) is 2.16. The van der Waals surface area contributed by atoms with Crippen molar-refractivity contribution in [3.63, 3.8) is 0 Å².